The molecule has 0 aliphatic carbocycles. The molecule has 3 unspecified atom stereocenters. The molecule has 5 heteroatoms. The lowest BCUT2D eigenvalue weighted by molar-refractivity contribution is -0.139. The summed E-state index contributed by atoms with van der Waals surface area (Å²) < 4.78 is 0. The molecule has 3 atom stereocenters. The quantitative estimate of drug-likeness (QED) is 0.431. The van der Waals surface area contributed by atoms with Gasteiger partial charge in [0, 0.05) is 0 Å². The van der Waals surface area contributed by atoms with Crippen molar-refractivity contribution < 1.29 is 25.2 Å². The van der Waals surface area contributed by atoms with Gasteiger partial charge < -0.3 is 20.4 Å². The summed E-state index contributed by atoms with van der Waals surface area (Å²) in [5, 5.41) is 36.9. The summed E-state index contributed by atoms with van der Waals surface area (Å²) in [5.74, 6) is -1.09. The molecule has 0 fully saturated rings. The van der Waals surface area contributed by atoms with E-state index in [9.17, 15) is 20.1 Å². The molecule has 0 spiro atoms. The van der Waals surface area contributed by atoms with E-state index in [4.69, 9.17) is 5.11 Å². The molecule has 0 aromatic heterocycles. The van der Waals surface area contributed by atoms with Crippen molar-refractivity contribution in [1.82, 2.24) is 0 Å². The predicted molar refractivity (Wildman–Crippen MR) is 63.6 cm³/mol. The number of aliphatic hydroxyl groups is 3. The van der Waals surface area contributed by atoms with Crippen LogP contribution in [0.2, 0.25) is 0 Å². The molecule has 5 nitrogen and oxygen atoms in total. The standard InChI is InChI=1S/C12H24O5/c1-2-3-4-5-9(13)6-10(14)7-11(15)8-12(16)17/h9-11,13-15H,2-8H2,1H3,(H,16,17). The van der Waals surface area contributed by atoms with Crippen LogP contribution in [-0.2, 0) is 4.79 Å². The van der Waals surface area contributed by atoms with Crippen LogP contribution in [0.5, 0.6) is 0 Å². The highest BCUT2D eigenvalue weighted by atomic mass is 16.4. The fourth-order valence-electron chi connectivity index (χ4n) is 1.76. The van der Waals surface area contributed by atoms with E-state index in [1.54, 1.807) is 0 Å². The van der Waals surface area contributed by atoms with E-state index in [0.717, 1.165) is 19.3 Å². The monoisotopic (exact) mass is 248 g/mol. The van der Waals surface area contributed by atoms with Crippen molar-refractivity contribution in [2.45, 2.75) is 70.2 Å². The molecule has 0 heterocycles. The summed E-state index contributed by atoms with van der Waals surface area (Å²) >= 11 is 0. The molecule has 0 aliphatic heterocycles. The zero-order chi connectivity index (χ0) is 13.3. The third-order valence-corrected chi connectivity index (χ3v) is 2.64. The van der Waals surface area contributed by atoms with Gasteiger partial charge in [-0.15, -0.1) is 0 Å². The second kappa shape index (κ2) is 9.39. The maximum absolute atomic E-state index is 10.3. The molecule has 0 aromatic rings. The maximum Gasteiger partial charge on any atom is 0.305 e. The van der Waals surface area contributed by atoms with Crippen LogP contribution >= 0.6 is 0 Å². The van der Waals surface area contributed by atoms with Crippen LogP contribution in [0, 0.1) is 0 Å². The number of carboxylic acid groups (broad SMARTS) is 1. The molecule has 0 amide bonds. The molecule has 0 rings (SSSR count). The number of carboxylic acids is 1. The number of unbranched alkanes of at least 4 members (excludes halogenated alkanes) is 2. The van der Waals surface area contributed by atoms with Crippen LogP contribution in [0.3, 0.4) is 0 Å². The fourth-order valence-corrected chi connectivity index (χ4v) is 1.76. The SMILES string of the molecule is CCCCCC(O)CC(O)CC(O)CC(=O)O. The molecule has 0 bridgehead atoms. The summed E-state index contributed by atoms with van der Waals surface area (Å²) in [5.41, 5.74) is 0. The lowest BCUT2D eigenvalue weighted by atomic mass is 10.0. The summed E-state index contributed by atoms with van der Waals surface area (Å²) in [6, 6.07) is 0. The van der Waals surface area contributed by atoms with Gasteiger partial charge in [-0.05, 0) is 19.3 Å². The van der Waals surface area contributed by atoms with Crippen molar-refractivity contribution in [2.75, 3.05) is 0 Å². The van der Waals surface area contributed by atoms with Gasteiger partial charge in [-0.2, -0.15) is 0 Å². The minimum Gasteiger partial charge on any atom is -0.481 e. The Bertz CT molecular complexity index is 207. The highest BCUT2D eigenvalue weighted by molar-refractivity contribution is 5.67. The summed E-state index contributed by atoms with van der Waals surface area (Å²) in [7, 11) is 0. The van der Waals surface area contributed by atoms with Gasteiger partial charge >= 0.3 is 5.97 Å². The Hall–Kier alpha value is -0.650. The van der Waals surface area contributed by atoms with E-state index in [1.807, 2.05) is 0 Å². The van der Waals surface area contributed by atoms with E-state index in [1.165, 1.54) is 0 Å². The highest BCUT2D eigenvalue weighted by Crippen LogP contribution is 2.12. The van der Waals surface area contributed by atoms with Gasteiger partial charge in [0.15, 0.2) is 0 Å². The fraction of sp³-hybridized carbons (Fsp3) is 0.917. The Balaban J connectivity index is 3.68. The third-order valence-electron chi connectivity index (χ3n) is 2.64. The van der Waals surface area contributed by atoms with Gasteiger partial charge in [0.2, 0.25) is 0 Å². The van der Waals surface area contributed by atoms with Gasteiger partial charge in [0.25, 0.3) is 0 Å². The zero-order valence-electron chi connectivity index (χ0n) is 10.4. The number of hydrogen-bond donors (Lipinski definition) is 4. The minimum absolute atomic E-state index is 0.00284. The first-order valence-electron chi connectivity index (χ1n) is 6.21. The predicted octanol–water partition coefficient (Wildman–Crippen LogP) is 0.904. The van der Waals surface area contributed by atoms with E-state index in [0.29, 0.717) is 6.42 Å². The van der Waals surface area contributed by atoms with Crippen LogP contribution in [0.15, 0.2) is 0 Å². The van der Waals surface area contributed by atoms with E-state index in [-0.39, 0.29) is 19.3 Å². The molecule has 4 N–H and O–H groups in total. The topological polar surface area (TPSA) is 98.0 Å². The zero-order valence-corrected chi connectivity index (χ0v) is 10.4. The maximum atomic E-state index is 10.3. The van der Waals surface area contributed by atoms with Crippen LogP contribution in [0.25, 0.3) is 0 Å². The Kier molecular flexibility index (Phi) is 9.03. The van der Waals surface area contributed by atoms with Crippen molar-refractivity contribution in [3.05, 3.63) is 0 Å². The van der Waals surface area contributed by atoms with Crippen molar-refractivity contribution in [3.8, 4) is 0 Å². The van der Waals surface area contributed by atoms with Crippen LogP contribution in [0.1, 0.15) is 51.9 Å². The van der Waals surface area contributed by atoms with Crippen LogP contribution in [-0.4, -0.2) is 44.7 Å². The van der Waals surface area contributed by atoms with Crippen molar-refractivity contribution in [3.63, 3.8) is 0 Å². The minimum atomic E-state index is -1.09. The van der Waals surface area contributed by atoms with Gasteiger partial charge in [0.1, 0.15) is 0 Å². The molecule has 0 aromatic carbocycles. The largest absolute Gasteiger partial charge is 0.481 e. The average molecular weight is 248 g/mol. The second-order valence-corrected chi connectivity index (χ2v) is 4.53. The van der Waals surface area contributed by atoms with E-state index in [2.05, 4.69) is 6.92 Å². The Morgan fingerprint density at radius 1 is 1.00 bits per heavy atom. The van der Waals surface area contributed by atoms with Crippen molar-refractivity contribution >= 4 is 5.97 Å². The van der Waals surface area contributed by atoms with Crippen molar-refractivity contribution in [2.24, 2.45) is 0 Å². The van der Waals surface area contributed by atoms with Gasteiger partial charge in [-0.1, -0.05) is 26.2 Å². The Morgan fingerprint density at radius 2 is 1.59 bits per heavy atom. The molecule has 0 saturated carbocycles. The van der Waals surface area contributed by atoms with Gasteiger partial charge in [-0.25, -0.2) is 0 Å². The smallest absolute Gasteiger partial charge is 0.305 e. The number of aliphatic carboxylic acids is 1. The van der Waals surface area contributed by atoms with E-state index < -0.39 is 24.3 Å². The molecule has 0 saturated heterocycles. The first-order chi connectivity index (χ1) is 7.95. The first-order valence-corrected chi connectivity index (χ1v) is 6.21. The number of rotatable bonds is 10. The number of hydrogen-bond acceptors (Lipinski definition) is 4. The highest BCUT2D eigenvalue weighted by Gasteiger charge is 2.17. The molecule has 0 aliphatic rings. The van der Waals surface area contributed by atoms with Gasteiger partial charge in [0.05, 0.1) is 24.7 Å². The summed E-state index contributed by atoms with van der Waals surface area (Å²) in [6.07, 6.45) is 1.03. The molecule has 102 valence electrons. The molecule has 0 radical (unpaired) electrons. The number of aliphatic hydroxyl groups excluding tert-OH is 3. The molecule has 17 heavy (non-hydrogen) atoms. The van der Waals surface area contributed by atoms with E-state index >= 15 is 0 Å². The third kappa shape index (κ3) is 10.2. The number of carbonyl (C=O) groups is 1. The van der Waals surface area contributed by atoms with Crippen LogP contribution in [0.4, 0.5) is 0 Å². The summed E-state index contributed by atoms with van der Waals surface area (Å²) in [6.45, 7) is 2.07. The van der Waals surface area contributed by atoms with Crippen molar-refractivity contribution in [1.29, 1.82) is 0 Å². The molecular weight excluding hydrogens is 224 g/mol. The van der Waals surface area contributed by atoms with Crippen LogP contribution < -0.4 is 0 Å². The lowest BCUT2D eigenvalue weighted by Gasteiger charge is -2.17. The Labute approximate surface area is 102 Å². The first kappa shape index (κ1) is 16.4. The molecular formula is C12H24O5. The summed E-state index contributed by atoms with van der Waals surface area (Å²) in [4.78, 5) is 10.3. The van der Waals surface area contributed by atoms with Gasteiger partial charge in [-0.3, -0.25) is 4.79 Å². The average Bonchev–Trinajstić information content (AvgIpc) is 2.15. The normalized spacial score (nSPS) is 16.5. The lowest BCUT2D eigenvalue weighted by Crippen LogP contribution is -2.24. The Morgan fingerprint density at radius 3 is 2.12 bits per heavy atom. The second-order valence-electron chi connectivity index (χ2n) is 4.53.